The largest absolute Gasteiger partial charge is 0.495 e. The molecule has 5 heteroatoms. The van der Waals surface area contributed by atoms with E-state index in [0.29, 0.717) is 18.0 Å². The van der Waals surface area contributed by atoms with Crippen molar-refractivity contribution in [3.8, 4) is 5.75 Å². The zero-order valence-corrected chi connectivity index (χ0v) is 13.4. The fraction of sp³-hybridized carbons (Fsp3) is 0.500. The third kappa shape index (κ3) is 5.45. The van der Waals surface area contributed by atoms with Crippen LogP contribution in [0.2, 0.25) is 0 Å². The van der Waals surface area contributed by atoms with E-state index >= 15 is 0 Å². The van der Waals surface area contributed by atoms with Gasteiger partial charge in [-0.3, -0.25) is 9.59 Å². The molecular weight excluding hydrogens is 268 g/mol. The molecule has 0 aromatic heterocycles. The van der Waals surface area contributed by atoms with Crippen molar-refractivity contribution in [2.24, 2.45) is 5.41 Å². The number of ether oxygens (including phenoxy) is 1. The van der Waals surface area contributed by atoms with Crippen molar-refractivity contribution < 1.29 is 14.3 Å². The monoisotopic (exact) mass is 292 g/mol. The van der Waals surface area contributed by atoms with Gasteiger partial charge in [-0.2, -0.15) is 0 Å². The van der Waals surface area contributed by atoms with Crippen molar-refractivity contribution in [3.05, 3.63) is 23.8 Å². The van der Waals surface area contributed by atoms with Gasteiger partial charge in [0.25, 0.3) is 0 Å². The summed E-state index contributed by atoms with van der Waals surface area (Å²) in [5, 5.41) is 5.55. The Labute approximate surface area is 126 Å². The van der Waals surface area contributed by atoms with Crippen LogP contribution in [0.5, 0.6) is 5.75 Å². The molecule has 1 aromatic carbocycles. The van der Waals surface area contributed by atoms with Crippen molar-refractivity contribution in [2.45, 2.75) is 34.1 Å². The summed E-state index contributed by atoms with van der Waals surface area (Å²) in [6, 6.07) is 5.58. The van der Waals surface area contributed by atoms with Crippen molar-refractivity contribution in [1.82, 2.24) is 5.32 Å². The highest BCUT2D eigenvalue weighted by atomic mass is 16.5. The van der Waals surface area contributed by atoms with Gasteiger partial charge in [-0.05, 0) is 24.6 Å². The molecule has 0 aliphatic heterocycles. The molecule has 0 aliphatic rings. The van der Waals surface area contributed by atoms with Crippen LogP contribution in [0.25, 0.3) is 0 Å². The van der Waals surface area contributed by atoms with Crippen LogP contribution in [0.4, 0.5) is 5.69 Å². The maximum atomic E-state index is 11.9. The molecule has 116 valence electrons. The van der Waals surface area contributed by atoms with Gasteiger partial charge in [0.2, 0.25) is 11.8 Å². The predicted octanol–water partition coefficient (Wildman–Crippen LogP) is 2.49. The lowest BCUT2D eigenvalue weighted by atomic mass is 9.96. The predicted molar refractivity (Wildman–Crippen MR) is 83.4 cm³/mol. The second kappa shape index (κ2) is 7.11. The first kappa shape index (κ1) is 17.0. The summed E-state index contributed by atoms with van der Waals surface area (Å²) in [5.74, 6) is 0.393. The number of nitrogens with one attached hydrogen (secondary N) is 2. The molecule has 21 heavy (non-hydrogen) atoms. The van der Waals surface area contributed by atoms with E-state index in [1.807, 2.05) is 45.9 Å². The van der Waals surface area contributed by atoms with Gasteiger partial charge in [-0.15, -0.1) is 0 Å². The molecule has 0 atom stereocenters. The molecule has 0 saturated carbocycles. The maximum Gasteiger partial charge on any atom is 0.226 e. The van der Waals surface area contributed by atoms with Crippen LogP contribution >= 0.6 is 0 Å². The van der Waals surface area contributed by atoms with Crippen LogP contribution in [0.15, 0.2) is 18.2 Å². The molecule has 0 aliphatic carbocycles. The van der Waals surface area contributed by atoms with Gasteiger partial charge in [-0.25, -0.2) is 0 Å². The number of amides is 2. The first-order valence-corrected chi connectivity index (χ1v) is 6.97. The van der Waals surface area contributed by atoms with Gasteiger partial charge in [0.1, 0.15) is 5.75 Å². The molecule has 0 saturated heterocycles. The van der Waals surface area contributed by atoms with Gasteiger partial charge in [0, 0.05) is 18.4 Å². The molecule has 0 spiro atoms. The van der Waals surface area contributed by atoms with E-state index in [9.17, 15) is 9.59 Å². The molecular formula is C16H24N2O3. The first-order valence-electron chi connectivity index (χ1n) is 6.97. The van der Waals surface area contributed by atoms with Crippen molar-refractivity contribution in [2.75, 3.05) is 19.0 Å². The Bertz CT molecular complexity index is 519. The molecule has 0 radical (unpaired) electrons. The Hall–Kier alpha value is -2.04. The van der Waals surface area contributed by atoms with Crippen LogP contribution in [-0.2, 0) is 9.59 Å². The number of benzene rings is 1. The van der Waals surface area contributed by atoms with Crippen LogP contribution in [0, 0.1) is 12.3 Å². The summed E-state index contributed by atoms with van der Waals surface area (Å²) in [4.78, 5) is 23.6. The van der Waals surface area contributed by atoms with Crippen LogP contribution in [0.1, 0.15) is 32.8 Å². The number of hydrogen-bond acceptors (Lipinski definition) is 3. The van der Waals surface area contributed by atoms with E-state index in [-0.39, 0.29) is 18.2 Å². The van der Waals surface area contributed by atoms with Crippen molar-refractivity contribution >= 4 is 17.5 Å². The zero-order valence-electron chi connectivity index (χ0n) is 13.4. The quantitative estimate of drug-likeness (QED) is 0.876. The average molecular weight is 292 g/mol. The summed E-state index contributed by atoms with van der Waals surface area (Å²) in [6.45, 7) is 7.76. The van der Waals surface area contributed by atoms with Crippen LogP contribution < -0.4 is 15.4 Å². The molecule has 2 N–H and O–H groups in total. The lowest BCUT2D eigenvalue weighted by Crippen LogP contribution is -2.36. The van der Waals surface area contributed by atoms with Crippen molar-refractivity contribution in [3.63, 3.8) is 0 Å². The van der Waals surface area contributed by atoms with E-state index in [0.717, 1.165) is 5.56 Å². The van der Waals surface area contributed by atoms with E-state index in [1.165, 1.54) is 0 Å². The molecule has 1 aromatic rings. The number of rotatable bonds is 5. The first-order chi connectivity index (χ1) is 9.74. The van der Waals surface area contributed by atoms with Crippen LogP contribution in [-0.4, -0.2) is 25.5 Å². The summed E-state index contributed by atoms with van der Waals surface area (Å²) < 4.78 is 5.20. The topological polar surface area (TPSA) is 67.4 Å². The van der Waals surface area contributed by atoms with Crippen molar-refractivity contribution in [1.29, 1.82) is 0 Å². The van der Waals surface area contributed by atoms with Gasteiger partial charge < -0.3 is 15.4 Å². The Morgan fingerprint density at radius 2 is 1.90 bits per heavy atom. The fourth-order valence-corrected chi connectivity index (χ4v) is 1.69. The van der Waals surface area contributed by atoms with Gasteiger partial charge >= 0.3 is 0 Å². The second-order valence-electron chi connectivity index (χ2n) is 6.01. The number of aryl methyl sites for hydroxylation is 1. The molecule has 5 nitrogen and oxygen atoms in total. The van der Waals surface area contributed by atoms with Gasteiger partial charge in [0.05, 0.1) is 12.8 Å². The maximum absolute atomic E-state index is 11.9. The summed E-state index contributed by atoms with van der Waals surface area (Å²) in [6.07, 6.45) is 0.221. The highest BCUT2D eigenvalue weighted by molar-refractivity contribution is 5.93. The third-order valence-electron chi connectivity index (χ3n) is 2.95. The number of methoxy groups -OCH3 is 1. The molecule has 0 heterocycles. The standard InChI is InChI=1S/C16H24N2O3/c1-11-6-7-13(21-5)12(10-11)18-14(19)8-9-17-15(20)16(2,3)4/h6-7,10H,8-9H2,1-5H3,(H,17,20)(H,18,19). The number of carbonyl (C=O) groups excluding carboxylic acids is 2. The Morgan fingerprint density at radius 3 is 2.48 bits per heavy atom. The molecule has 0 bridgehead atoms. The minimum absolute atomic E-state index is 0.0663. The minimum Gasteiger partial charge on any atom is -0.495 e. The third-order valence-corrected chi connectivity index (χ3v) is 2.95. The smallest absolute Gasteiger partial charge is 0.226 e. The average Bonchev–Trinajstić information content (AvgIpc) is 2.37. The fourth-order valence-electron chi connectivity index (χ4n) is 1.69. The Kier molecular flexibility index (Phi) is 5.76. The normalized spacial score (nSPS) is 10.9. The van der Waals surface area contributed by atoms with Gasteiger partial charge in [0.15, 0.2) is 0 Å². The lowest BCUT2D eigenvalue weighted by Gasteiger charge is -2.17. The number of anilines is 1. The van der Waals surface area contributed by atoms with E-state index in [1.54, 1.807) is 7.11 Å². The minimum atomic E-state index is -0.448. The lowest BCUT2D eigenvalue weighted by molar-refractivity contribution is -0.128. The van der Waals surface area contributed by atoms with E-state index < -0.39 is 5.41 Å². The van der Waals surface area contributed by atoms with E-state index in [4.69, 9.17) is 4.74 Å². The second-order valence-corrected chi connectivity index (χ2v) is 6.01. The molecule has 0 fully saturated rings. The number of carbonyl (C=O) groups is 2. The highest BCUT2D eigenvalue weighted by Crippen LogP contribution is 2.25. The number of hydrogen-bond donors (Lipinski definition) is 2. The molecule has 1 rings (SSSR count). The highest BCUT2D eigenvalue weighted by Gasteiger charge is 2.20. The molecule has 2 amide bonds. The van der Waals surface area contributed by atoms with Gasteiger partial charge in [-0.1, -0.05) is 26.8 Å². The summed E-state index contributed by atoms with van der Waals surface area (Å²) in [5.41, 5.74) is 1.23. The molecule has 0 unspecified atom stereocenters. The zero-order chi connectivity index (χ0) is 16.0. The van der Waals surface area contributed by atoms with E-state index in [2.05, 4.69) is 10.6 Å². The Balaban J connectivity index is 2.51. The Morgan fingerprint density at radius 1 is 1.24 bits per heavy atom. The summed E-state index contributed by atoms with van der Waals surface area (Å²) >= 11 is 0. The summed E-state index contributed by atoms with van der Waals surface area (Å²) in [7, 11) is 1.56. The van der Waals surface area contributed by atoms with Crippen LogP contribution in [0.3, 0.4) is 0 Å². The SMILES string of the molecule is COc1ccc(C)cc1NC(=O)CCNC(=O)C(C)(C)C.